The van der Waals surface area contributed by atoms with E-state index in [1.54, 1.807) is 0 Å². The van der Waals surface area contributed by atoms with E-state index in [2.05, 4.69) is 33.0 Å². The van der Waals surface area contributed by atoms with Crippen molar-refractivity contribution < 1.29 is 4.74 Å². The van der Waals surface area contributed by atoms with Gasteiger partial charge in [0, 0.05) is 12.6 Å². The van der Waals surface area contributed by atoms with Gasteiger partial charge in [-0.2, -0.15) is 0 Å². The zero-order valence-electron chi connectivity index (χ0n) is 10.3. The predicted molar refractivity (Wildman–Crippen MR) is 62.7 cm³/mol. The van der Waals surface area contributed by atoms with E-state index >= 15 is 0 Å². The second kappa shape index (κ2) is 9.47. The van der Waals surface area contributed by atoms with E-state index in [4.69, 9.17) is 4.74 Å². The third kappa shape index (κ3) is 8.52. The van der Waals surface area contributed by atoms with E-state index in [-0.39, 0.29) is 0 Å². The maximum atomic E-state index is 5.65. The molecule has 0 aromatic rings. The predicted octanol–water partition coefficient (Wildman–Crippen LogP) is 2.97. The molecule has 14 heavy (non-hydrogen) atoms. The highest BCUT2D eigenvalue weighted by Crippen LogP contribution is 2.00. The van der Waals surface area contributed by atoms with Crippen molar-refractivity contribution in [3.63, 3.8) is 0 Å². The van der Waals surface area contributed by atoms with E-state index < -0.39 is 0 Å². The molecule has 86 valence electrons. The normalized spacial score (nSPS) is 15.4. The molecule has 2 atom stereocenters. The molecule has 0 aromatic carbocycles. The average Bonchev–Trinajstić information content (AvgIpc) is 2.13. The lowest BCUT2D eigenvalue weighted by Crippen LogP contribution is -2.30. The Labute approximate surface area is 89.4 Å². The molecule has 0 radical (unpaired) electrons. The minimum atomic E-state index is 0.420. The van der Waals surface area contributed by atoms with Crippen LogP contribution in [0.3, 0.4) is 0 Å². The van der Waals surface area contributed by atoms with Crippen LogP contribution in [-0.4, -0.2) is 25.3 Å². The van der Waals surface area contributed by atoms with Crippen LogP contribution in [0.5, 0.6) is 0 Å². The Morgan fingerprint density at radius 1 is 1.07 bits per heavy atom. The molecule has 0 bridgehead atoms. The number of ether oxygens (including phenoxy) is 1. The minimum Gasteiger partial charge on any atom is -0.377 e. The molecule has 0 aliphatic carbocycles. The molecule has 0 saturated heterocycles. The summed E-state index contributed by atoms with van der Waals surface area (Å²) in [4.78, 5) is 0. The number of hydrogen-bond acceptors (Lipinski definition) is 2. The van der Waals surface area contributed by atoms with Crippen molar-refractivity contribution in [2.75, 3.05) is 13.2 Å². The summed E-state index contributed by atoms with van der Waals surface area (Å²) in [5, 5.41) is 3.46. The Balaban J connectivity index is 3.19. The highest BCUT2D eigenvalue weighted by Gasteiger charge is 2.01. The van der Waals surface area contributed by atoms with E-state index in [1.807, 2.05) is 0 Å². The highest BCUT2D eigenvalue weighted by atomic mass is 16.5. The monoisotopic (exact) mass is 201 g/mol. The lowest BCUT2D eigenvalue weighted by Gasteiger charge is -2.15. The Bertz CT molecular complexity index is 103. The first kappa shape index (κ1) is 13.9. The smallest absolute Gasteiger partial charge is 0.0594 e. The molecule has 2 heteroatoms. The van der Waals surface area contributed by atoms with E-state index in [9.17, 15) is 0 Å². The second-order valence-electron chi connectivity index (χ2n) is 4.11. The number of nitrogens with one attached hydrogen (secondary N) is 1. The van der Waals surface area contributed by atoms with Crippen LogP contribution in [-0.2, 0) is 4.74 Å². The van der Waals surface area contributed by atoms with Crippen LogP contribution in [0.15, 0.2) is 0 Å². The van der Waals surface area contributed by atoms with Gasteiger partial charge in [-0.15, -0.1) is 0 Å². The molecular weight excluding hydrogens is 174 g/mol. The molecular formula is C12H27NO. The van der Waals surface area contributed by atoms with Gasteiger partial charge in [-0.1, -0.05) is 26.7 Å². The molecule has 0 aromatic heterocycles. The van der Waals surface area contributed by atoms with E-state index in [0.29, 0.717) is 12.1 Å². The van der Waals surface area contributed by atoms with Crippen LogP contribution < -0.4 is 5.32 Å². The molecule has 1 N–H and O–H groups in total. The van der Waals surface area contributed by atoms with Gasteiger partial charge >= 0.3 is 0 Å². The Hall–Kier alpha value is -0.0800. The second-order valence-corrected chi connectivity index (χ2v) is 4.11. The summed E-state index contributed by atoms with van der Waals surface area (Å²) in [5.41, 5.74) is 0. The molecule has 0 spiro atoms. The number of hydrogen-bond donors (Lipinski definition) is 1. The van der Waals surface area contributed by atoms with Crippen LogP contribution in [0.4, 0.5) is 0 Å². The molecule has 2 unspecified atom stereocenters. The van der Waals surface area contributed by atoms with Crippen molar-refractivity contribution in [3.05, 3.63) is 0 Å². The maximum Gasteiger partial charge on any atom is 0.0594 e. The Morgan fingerprint density at radius 2 is 1.71 bits per heavy atom. The van der Waals surface area contributed by atoms with Crippen molar-refractivity contribution >= 4 is 0 Å². The van der Waals surface area contributed by atoms with Crippen LogP contribution in [0.2, 0.25) is 0 Å². The summed E-state index contributed by atoms with van der Waals surface area (Å²) in [7, 11) is 0. The standard InChI is InChI=1S/C12H27NO/c1-5-7-11(3)13-9-10-14-12(4)8-6-2/h11-13H,5-10H2,1-4H3. The lowest BCUT2D eigenvalue weighted by atomic mass is 10.2. The van der Waals surface area contributed by atoms with Crippen molar-refractivity contribution in [1.82, 2.24) is 5.32 Å². The quantitative estimate of drug-likeness (QED) is 0.579. The van der Waals surface area contributed by atoms with Gasteiger partial charge in [0.2, 0.25) is 0 Å². The fourth-order valence-electron chi connectivity index (χ4n) is 1.59. The first-order valence-corrected chi connectivity index (χ1v) is 6.05. The lowest BCUT2D eigenvalue weighted by molar-refractivity contribution is 0.0606. The molecule has 0 rings (SSSR count). The Kier molecular flexibility index (Phi) is 9.42. The van der Waals surface area contributed by atoms with Gasteiger partial charge in [-0.3, -0.25) is 0 Å². The molecule has 0 amide bonds. The highest BCUT2D eigenvalue weighted by molar-refractivity contribution is 4.59. The first-order valence-electron chi connectivity index (χ1n) is 6.05. The molecule has 0 aliphatic heterocycles. The summed E-state index contributed by atoms with van der Waals surface area (Å²) in [6, 6.07) is 0.630. The topological polar surface area (TPSA) is 21.3 Å². The summed E-state index contributed by atoms with van der Waals surface area (Å²) in [6.07, 6.45) is 5.31. The summed E-state index contributed by atoms with van der Waals surface area (Å²) >= 11 is 0. The van der Waals surface area contributed by atoms with Gasteiger partial charge in [-0.05, 0) is 26.7 Å². The fourth-order valence-corrected chi connectivity index (χ4v) is 1.59. The molecule has 0 heterocycles. The first-order chi connectivity index (χ1) is 6.70. The molecule has 0 fully saturated rings. The fraction of sp³-hybridized carbons (Fsp3) is 1.00. The van der Waals surface area contributed by atoms with Crippen LogP contribution in [0, 0.1) is 0 Å². The van der Waals surface area contributed by atoms with Crippen LogP contribution in [0.25, 0.3) is 0 Å². The van der Waals surface area contributed by atoms with Gasteiger partial charge in [0.25, 0.3) is 0 Å². The third-order valence-corrected chi connectivity index (χ3v) is 2.41. The van der Waals surface area contributed by atoms with Crippen molar-refractivity contribution in [1.29, 1.82) is 0 Å². The summed E-state index contributed by atoms with van der Waals surface area (Å²) < 4.78 is 5.65. The maximum absolute atomic E-state index is 5.65. The van der Waals surface area contributed by atoms with Gasteiger partial charge in [0.05, 0.1) is 12.7 Å². The number of rotatable bonds is 9. The molecule has 0 aliphatic rings. The van der Waals surface area contributed by atoms with Crippen LogP contribution >= 0.6 is 0 Å². The van der Waals surface area contributed by atoms with Gasteiger partial charge < -0.3 is 10.1 Å². The van der Waals surface area contributed by atoms with Gasteiger partial charge in [0.1, 0.15) is 0 Å². The van der Waals surface area contributed by atoms with Gasteiger partial charge in [-0.25, -0.2) is 0 Å². The van der Waals surface area contributed by atoms with Gasteiger partial charge in [0.15, 0.2) is 0 Å². The zero-order chi connectivity index (χ0) is 10.8. The molecule has 0 saturated carbocycles. The SMILES string of the molecule is CCCC(C)NCCOC(C)CCC. The minimum absolute atomic E-state index is 0.420. The summed E-state index contributed by atoms with van der Waals surface area (Å²) in [6.45, 7) is 10.6. The Morgan fingerprint density at radius 3 is 2.29 bits per heavy atom. The largest absolute Gasteiger partial charge is 0.377 e. The third-order valence-electron chi connectivity index (χ3n) is 2.41. The van der Waals surface area contributed by atoms with E-state index in [1.165, 1.54) is 25.7 Å². The van der Waals surface area contributed by atoms with Crippen LogP contribution in [0.1, 0.15) is 53.4 Å². The zero-order valence-corrected chi connectivity index (χ0v) is 10.3. The van der Waals surface area contributed by atoms with E-state index in [0.717, 1.165) is 13.2 Å². The summed E-state index contributed by atoms with van der Waals surface area (Å²) in [5.74, 6) is 0. The average molecular weight is 201 g/mol. The van der Waals surface area contributed by atoms with Crippen molar-refractivity contribution in [3.8, 4) is 0 Å². The van der Waals surface area contributed by atoms with Crippen molar-refractivity contribution in [2.24, 2.45) is 0 Å². The molecule has 2 nitrogen and oxygen atoms in total. The van der Waals surface area contributed by atoms with Crippen molar-refractivity contribution in [2.45, 2.75) is 65.5 Å².